The first-order valence-electron chi connectivity index (χ1n) is 6.58. The van der Waals surface area contributed by atoms with Gasteiger partial charge in [0.1, 0.15) is 5.82 Å². The molecule has 3 nitrogen and oxygen atoms in total. The molecule has 19 heavy (non-hydrogen) atoms. The van der Waals surface area contributed by atoms with Gasteiger partial charge in [-0.15, -0.1) is 0 Å². The van der Waals surface area contributed by atoms with Crippen molar-refractivity contribution in [2.75, 3.05) is 0 Å². The highest BCUT2D eigenvalue weighted by molar-refractivity contribution is 5.86. The van der Waals surface area contributed by atoms with Crippen molar-refractivity contribution in [2.24, 2.45) is 5.73 Å². The van der Waals surface area contributed by atoms with Crippen LogP contribution in [0.4, 0.5) is 0 Å². The van der Waals surface area contributed by atoms with Crippen molar-refractivity contribution >= 4 is 10.8 Å². The number of H-pyrrole nitrogens is 1. The molecule has 3 heteroatoms. The number of aromatic amines is 1. The van der Waals surface area contributed by atoms with E-state index in [1.54, 1.807) is 0 Å². The molecule has 0 amide bonds. The molecular formula is C16H15N3. The van der Waals surface area contributed by atoms with Gasteiger partial charge in [0.15, 0.2) is 0 Å². The lowest BCUT2D eigenvalue weighted by Gasteiger charge is -2.04. The van der Waals surface area contributed by atoms with E-state index in [0.717, 1.165) is 29.9 Å². The molecule has 94 valence electrons. The van der Waals surface area contributed by atoms with E-state index in [2.05, 4.69) is 52.4 Å². The number of nitrogens with one attached hydrogen (secondary N) is 1. The molecule has 0 spiro atoms. The summed E-state index contributed by atoms with van der Waals surface area (Å²) in [6.45, 7) is 0. The zero-order chi connectivity index (χ0) is 12.9. The van der Waals surface area contributed by atoms with E-state index in [1.807, 2.05) is 6.20 Å². The van der Waals surface area contributed by atoms with E-state index in [9.17, 15) is 0 Å². The number of benzene rings is 2. The molecule has 0 radical (unpaired) electrons. The van der Waals surface area contributed by atoms with E-state index in [4.69, 9.17) is 5.73 Å². The molecule has 0 bridgehead atoms. The van der Waals surface area contributed by atoms with E-state index in [-0.39, 0.29) is 5.54 Å². The largest absolute Gasteiger partial charge is 0.340 e. The van der Waals surface area contributed by atoms with Crippen LogP contribution < -0.4 is 5.73 Å². The van der Waals surface area contributed by atoms with E-state index in [0.29, 0.717) is 0 Å². The van der Waals surface area contributed by atoms with Crippen LogP contribution in [0.3, 0.4) is 0 Å². The minimum Gasteiger partial charge on any atom is -0.340 e. The zero-order valence-corrected chi connectivity index (χ0v) is 10.6. The summed E-state index contributed by atoms with van der Waals surface area (Å²) < 4.78 is 0. The molecule has 0 unspecified atom stereocenters. The molecule has 0 atom stereocenters. The number of fused-ring (bicyclic) bond motifs is 1. The van der Waals surface area contributed by atoms with Crippen LogP contribution in [0.1, 0.15) is 18.7 Å². The van der Waals surface area contributed by atoms with Gasteiger partial charge in [0.05, 0.1) is 17.4 Å². The number of aromatic nitrogens is 2. The number of hydrogen-bond acceptors (Lipinski definition) is 2. The Kier molecular flexibility index (Phi) is 2.09. The molecule has 1 heterocycles. The van der Waals surface area contributed by atoms with Crippen molar-refractivity contribution in [3.05, 3.63) is 54.5 Å². The Labute approximate surface area is 111 Å². The Morgan fingerprint density at radius 1 is 1.05 bits per heavy atom. The third kappa shape index (κ3) is 1.74. The van der Waals surface area contributed by atoms with Gasteiger partial charge < -0.3 is 10.7 Å². The van der Waals surface area contributed by atoms with Crippen LogP contribution in [0, 0.1) is 0 Å². The topological polar surface area (TPSA) is 54.7 Å². The van der Waals surface area contributed by atoms with Gasteiger partial charge in [0.25, 0.3) is 0 Å². The normalized spacial score (nSPS) is 16.7. The first kappa shape index (κ1) is 10.8. The molecule has 1 aliphatic rings. The van der Waals surface area contributed by atoms with Crippen LogP contribution in [0.25, 0.3) is 22.0 Å². The molecule has 1 saturated carbocycles. The highest BCUT2D eigenvalue weighted by Gasteiger charge is 2.42. The molecule has 3 N–H and O–H groups in total. The third-order valence-corrected chi connectivity index (χ3v) is 3.90. The quantitative estimate of drug-likeness (QED) is 0.733. The van der Waals surface area contributed by atoms with Crippen molar-refractivity contribution in [1.82, 2.24) is 9.97 Å². The Hall–Kier alpha value is -2.13. The van der Waals surface area contributed by atoms with Crippen LogP contribution in [0.15, 0.2) is 48.7 Å². The Balaban J connectivity index is 1.79. The molecule has 4 rings (SSSR count). The monoisotopic (exact) mass is 249 g/mol. The van der Waals surface area contributed by atoms with Crippen molar-refractivity contribution < 1.29 is 0 Å². The average molecular weight is 249 g/mol. The fourth-order valence-corrected chi connectivity index (χ4v) is 2.45. The maximum atomic E-state index is 6.16. The van der Waals surface area contributed by atoms with E-state index < -0.39 is 0 Å². The summed E-state index contributed by atoms with van der Waals surface area (Å²) >= 11 is 0. The summed E-state index contributed by atoms with van der Waals surface area (Å²) in [4.78, 5) is 7.79. The Bertz CT molecular complexity index is 753. The van der Waals surface area contributed by atoms with Crippen LogP contribution in [-0.4, -0.2) is 9.97 Å². The van der Waals surface area contributed by atoms with Crippen molar-refractivity contribution in [3.8, 4) is 11.3 Å². The summed E-state index contributed by atoms with van der Waals surface area (Å²) in [6.07, 6.45) is 3.93. The SMILES string of the molecule is NC1(c2ncc(-c3ccc4ccccc4c3)[nH]2)CC1. The van der Waals surface area contributed by atoms with Crippen molar-refractivity contribution in [2.45, 2.75) is 18.4 Å². The van der Waals surface area contributed by atoms with Crippen molar-refractivity contribution in [1.29, 1.82) is 0 Å². The molecule has 3 aromatic rings. The van der Waals surface area contributed by atoms with Crippen LogP contribution in [-0.2, 0) is 5.54 Å². The van der Waals surface area contributed by atoms with Crippen LogP contribution in [0.2, 0.25) is 0 Å². The van der Waals surface area contributed by atoms with Gasteiger partial charge in [-0.05, 0) is 29.7 Å². The second-order valence-electron chi connectivity index (χ2n) is 5.36. The fraction of sp³-hybridized carbons (Fsp3) is 0.188. The number of imidazole rings is 1. The van der Waals surface area contributed by atoms with Crippen molar-refractivity contribution in [3.63, 3.8) is 0 Å². The Morgan fingerprint density at radius 2 is 1.84 bits per heavy atom. The summed E-state index contributed by atoms with van der Waals surface area (Å²) in [5.41, 5.74) is 8.15. The summed E-state index contributed by atoms with van der Waals surface area (Å²) in [6, 6.07) is 14.8. The fourth-order valence-electron chi connectivity index (χ4n) is 2.45. The predicted molar refractivity (Wildman–Crippen MR) is 76.6 cm³/mol. The molecule has 0 saturated heterocycles. The van der Waals surface area contributed by atoms with E-state index in [1.165, 1.54) is 10.8 Å². The van der Waals surface area contributed by atoms with Gasteiger partial charge in [-0.1, -0.05) is 36.4 Å². The highest BCUT2D eigenvalue weighted by atomic mass is 15.0. The number of rotatable bonds is 2. The summed E-state index contributed by atoms with van der Waals surface area (Å²) in [5.74, 6) is 0.913. The van der Waals surface area contributed by atoms with Gasteiger partial charge in [-0.3, -0.25) is 0 Å². The molecule has 1 aliphatic carbocycles. The number of hydrogen-bond donors (Lipinski definition) is 2. The van der Waals surface area contributed by atoms with Crippen LogP contribution >= 0.6 is 0 Å². The standard InChI is InChI=1S/C16H15N3/c17-16(7-8-16)15-18-10-14(19-15)13-6-5-11-3-1-2-4-12(11)9-13/h1-6,9-10H,7-8,17H2,(H,18,19). The van der Waals surface area contributed by atoms with Gasteiger partial charge in [-0.25, -0.2) is 4.98 Å². The van der Waals surface area contributed by atoms with Gasteiger partial charge >= 0.3 is 0 Å². The van der Waals surface area contributed by atoms with Gasteiger partial charge in [0.2, 0.25) is 0 Å². The lowest BCUT2D eigenvalue weighted by atomic mass is 10.1. The van der Waals surface area contributed by atoms with Gasteiger partial charge in [-0.2, -0.15) is 0 Å². The third-order valence-electron chi connectivity index (χ3n) is 3.90. The smallest absolute Gasteiger partial charge is 0.126 e. The molecule has 1 fully saturated rings. The maximum Gasteiger partial charge on any atom is 0.126 e. The minimum atomic E-state index is -0.199. The van der Waals surface area contributed by atoms with E-state index >= 15 is 0 Å². The maximum absolute atomic E-state index is 6.16. The first-order chi connectivity index (χ1) is 9.24. The summed E-state index contributed by atoms with van der Waals surface area (Å²) in [5, 5.41) is 2.49. The van der Waals surface area contributed by atoms with Gasteiger partial charge in [0, 0.05) is 5.56 Å². The summed E-state index contributed by atoms with van der Waals surface area (Å²) in [7, 11) is 0. The highest BCUT2D eigenvalue weighted by Crippen LogP contribution is 2.41. The van der Waals surface area contributed by atoms with Crippen LogP contribution in [0.5, 0.6) is 0 Å². The molecule has 2 aromatic carbocycles. The molecule has 0 aliphatic heterocycles. The first-order valence-corrected chi connectivity index (χ1v) is 6.58. The molecule has 1 aromatic heterocycles. The molecular weight excluding hydrogens is 234 g/mol. The number of nitrogens with zero attached hydrogens (tertiary/aromatic N) is 1. The lowest BCUT2D eigenvalue weighted by molar-refractivity contribution is 0.685. The second-order valence-corrected chi connectivity index (χ2v) is 5.36. The Morgan fingerprint density at radius 3 is 2.63 bits per heavy atom. The minimum absolute atomic E-state index is 0.199. The zero-order valence-electron chi connectivity index (χ0n) is 10.6. The number of nitrogens with two attached hydrogens (primary N) is 1. The second kappa shape index (κ2) is 3.68. The predicted octanol–water partition coefficient (Wildman–Crippen LogP) is 3.18. The lowest BCUT2D eigenvalue weighted by Crippen LogP contribution is -2.20. The average Bonchev–Trinajstić information content (AvgIpc) is 3.02.